The van der Waals surface area contributed by atoms with E-state index in [1.165, 1.54) is 17.0 Å². The number of nitrogens with zero attached hydrogens (tertiary/aromatic N) is 2. The van der Waals surface area contributed by atoms with E-state index in [4.69, 9.17) is 0 Å². The molecular weight excluding hydrogens is 399 g/mol. The molecule has 1 aliphatic carbocycles. The third kappa shape index (κ3) is 4.94. The van der Waals surface area contributed by atoms with E-state index in [0.717, 1.165) is 23.3 Å². The van der Waals surface area contributed by atoms with E-state index in [0.29, 0.717) is 13.1 Å². The van der Waals surface area contributed by atoms with E-state index in [-0.39, 0.29) is 24.1 Å². The highest BCUT2D eigenvalue weighted by molar-refractivity contribution is 7.09. The fraction of sp³-hybridized carbons (Fsp3) is 0.250. The highest BCUT2D eigenvalue weighted by atomic mass is 32.1. The molecule has 1 fully saturated rings. The maximum atomic E-state index is 14.2. The Labute approximate surface area is 179 Å². The van der Waals surface area contributed by atoms with Crippen LogP contribution in [-0.2, 0) is 17.9 Å². The van der Waals surface area contributed by atoms with Crippen LogP contribution in [-0.4, -0.2) is 34.2 Å². The molecule has 1 heterocycles. The number of carbonyl (C=O) groups excluding carboxylic acids is 2. The Morgan fingerprint density at radius 3 is 2.33 bits per heavy atom. The maximum absolute atomic E-state index is 14.2. The lowest BCUT2D eigenvalue weighted by atomic mass is 10.1. The van der Waals surface area contributed by atoms with Crippen LogP contribution in [0.2, 0.25) is 0 Å². The van der Waals surface area contributed by atoms with Crippen LogP contribution in [0, 0.1) is 5.82 Å². The topological polar surface area (TPSA) is 40.6 Å². The summed E-state index contributed by atoms with van der Waals surface area (Å²) >= 11 is 1.60. The van der Waals surface area contributed by atoms with Gasteiger partial charge in [0.25, 0.3) is 5.91 Å². The minimum absolute atomic E-state index is 0.00127. The van der Waals surface area contributed by atoms with Crippen LogP contribution < -0.4 is 0 Å². The molecule has 0 aliphatic heterocycles. The van der Waals surface area contributed by atoms with Crippen molar-refractivity contribution in [1.29, 1.82) is 0 Å². The quantitative estimate of drug-likeness (QED) is 0.527. The zero-order valence-corrected chi connectivity index (χ0v) is 17.4. The molecule has 1 aliphatic rings. The first-order chi connectivity index (χ1) is 14.6. The zero-order chi connectivity index (χ0) is 20.9. The smallest absolute Gasteiger partial charge is 0.257 e. The third-order valence-electron chi connectivity index (χ3n) is 5.15. The van der Waals surface area contributed by atoms with Crippen molar-refractivity contribution in [2.24, 2.45) is 0 Å². The molecule has 0 saturated heterocycles. The molecule has 3 aromatic rings. The lowest BCUT2D eigenvalue weighted by Gasteiger charge is -2.28. The number of thiophene rings is 1. The van der Waals surface area contributed by atoms with Crippen molar-refractivity contribution in [3.05, 3.63) is 93.9 Å². The van der Waals surface area contributed by atoms with Crippen molar-refractivity contribution in [2.75, 3.05) is 6.54 Å². The maximum Gasteiger partial charge on any atom is 0.257 e. The van der Waals surface area contributed by atoms with Gasteiger partial charge in [-0.05, 0) is 42.0 Å². The lowest BCUT2D eigenvalue weighted by molar-refractivity contribution is -0.133. The van der Waals surface area contributed by atoms with Gasteiger partial charge in [0.15, 0.2) is 0 Å². The Bertz CT molecular complexity index is 1000. The summed E-state index contributed by atoms with van der Waals surface area (Å²) in [5.41, 5.74) is 1.05. The number of rotatable bonds is 8. The molecule has 4 rings (SSSR count). The summed E-state index contributed by atoms with van der Waals surface area (Å²) in [6.07, 6.45) is 1.69. The van der Waals surface area contributed by atoms with Gasteiger partial charge in [0.05, 0.1) is 12.1 Å². The van der Waals surface area contributed by atoms with E-state index < -0.39 is 11.7 Å². The first-order valence-corrected chi connectivity index (χ1v) is 10.9. The van der Waals surface area contributed by atoms with Crippen molar-refractivity contribution in [3.63, 3.8) is 0 Å². The van der Waals surface area contributed by atoms with Crippen LogP contribution in [0.3, 0.4) is 0 Å². The van der Waals surface area contributed by atoms with Crippen molar-refractivity contribution < 1.29 is 14.0 Å². The Hall–Kier alpha value is -2.99. The molecule has 2 amide bonds. The highest BCUT2D eigenvalue weighted by Crippen LogP contribution is 2.29. The molecule has 0 bridgehead atoms. The van der Waals surface area contributed by atoms with Crippen LogP contribution in [0.1, 0.15) is 33.6 Å². The van der Waals surface area contributed by atoms with Gasteiger partial charge >= 0.3 is 0 Å². The second-order valence-corrected chi connectivity index (χ2v) is 8.49. The Balaban J connectivity index is 1.53. The van der Waals surface area contributed by atoms with Crippen LogP contribution in [0.4, 0.5) is 4.39 Å². The average Bonchev–Trinajstić information content (AvgIpc) is 3.47. The van der Waals surface area contributed by atoms with Gasteiger partial charge in [-0.3, -0.25) is 9.59 Å². The molecule has 6 heteroatoms. The van der Waals surface area contributed by atoms with Gasteiger partial charge in [-0.1, -0.05) is 48.5 Å². The Morgan fingerprint density at radius 1 is 0.933 bits per heavy atom. The number of benzene rings is 2. The minimum atomic E-state index is -0.555. The molecule has 154 valence electrons. The van der Waals surface area contributed by atoms with Gasteiger partial charge in [-0.25, -0.2) is 4.39 Å². The van der Waals surface area contributed by atoms with Crippen molar-refractivity contribution in [3.8, 4) is 0 Å². The van der Waals surface area contributed by atoms with Crippen molar-refractivity contribution in [2.45, 2.75) is 32.0 Å². The lowest BCUT2D eigenvalue weighted by Crippen LogP contribution is -2.43. The first kappa shape index (κ1) is 20.3. The highest BCUT2D eigenvalue weighted by Gasteiger charge is 2.36. The number of carbonyl (C=O) groups is 2. The standard InChI is InChI=1S/C24H23FN2O2S/c25-22-11-5-4-10-21(22)24(29)27(19-12-13-19)17-23(28)26(16-20-9-6-14-30-20)15-18-7-2-1-3-8-18/h1-11,14,19H,12-13,15-17H2. The van der Waals surface area contributed by atoms with Crippen LogP contribution in [0.25, 0.3) is 0 Å². The molecule has 2 aromatic carbocycles. The van der Waals surface area contributed by atoms with Gasteiger partial charge in [0.2, 0.25) is 5.91 Å². The summed E-state index contributed by atoms with van der Waals surface area (Å²) in [4.78, 5) is 30.7. The number of halogens is 1. The third-order valence-corrected chi connectivity index (χ3v) is 6.02. The summed E-state index contributed by atoms with van der Waals surface area (Å²) in [6, 6.07) is 19.7. The largest absolute Gasteiger partial charge is 0.332 e. The molecule has 1 aromatic heterocycles. The second-order valence-electron chi connectivity index (χ2n) is 7.46. The normalized spacial score (nSPS) is 13.1. The molecule has 0 unspecified atom stereocenters. The van der Waals surface area contributed by atoms with Gasteiger partial charge < -0.3 is 9.80 Å². The second kappa shape index (κ2) is 9.22. The number of amides is 2. The zero-order valence-electron chi connectivity index (χ0n) is 16.5. The average molecular weight is 423 g/mol. The van der Waals surface area contributed by atoms with E-state index in [1.54, 1.807) is 28.4 Å². The van der Waals surface area contributed by atoms with E-state index in [1.807, 2.05) is 47.8 Å². The van der Waals surface area contributed by atoms with Crippen molar-refractivity contribution in [1.82, 2.24) is 9.80 Å². The fourth-order valence-corrected chi connectivity index (χ4v) is 4.13. The molecule has 0 atom stereocenters. The van der Waals surface area contributed by atoms with Gasteiger partial charge in [-0.2, -0.15) is 0 Å². The van der Waals surface area contributed by atoms with Crippen molar-refractivity contribution >= 4 is 23.2 Å². The van der Waals surface area contributed by atoms with Gasteiger partial charge in [0.1, 0.15) is 12.4 Å². The van der Waals surface area contributed by atoms with Crippen LogP contribution >= 0.6 is 11.3 Å². The molecule has 1 saturated carbocycles. The Kier molecular flexibility index (Phi) is 6.23. The molecule has 4 nitrogen and oxygen atoms in total. The minimum Gasteiger partial charge on any atom is -0.332 e. The molecule has 0 N–H and O–H groups in total. The summed E-state index contributed by atoms with van der Waals surface area (Å²) in [5.74, 6) is -1.11. The molecule has 30 heavy (non-hydrogen) atoms. The molecule has 0 spiro atoms. The van der Waals surface area contributed by atoms with E-state index in [2.05, 4.69) is 0 Å². The summed E-state index contributed by atoms with van der Waals surface area (Å²) in [5, 5.41) is 1.98. The number of hydrogen-bond donors (Lipinski definition) is 0. The SMILES string of the molecule is O=C(CN(C(=O)c1ccccc1F)C1CC1)N(Cc1ccccc1)Cc1cccs1. The summed E-state index contributed by atoms with van der Waals surface area (Å²) in [7, 11) is 0. The first-order valence-electron chi connectivity index (χ1n) is 10.0. The molecule has 0 radical (unpaired) electrons. The van der Waals surface area contributed by atoms with Crippen LogP contribution in [0.15, 0.2) is 72.1 Å². The fourth-order valence-electron chi connectivity index (χ4n) is 3.41. The predicted molar refractivity (Wildman–Crippen MR) is 115 cm³/mol. The van der Waals surface area contributed by atoms with E-state index in [9.17, 15) is 14.0 Å². The summed E-state index contributed by atoms with van der Waals surface area (Å²) in [6.45, 7) is 0.901. The molecular formula is C24H23FN2O2S. The van der Waals surface area contributed by atoms with Gasteiger partial charge in [0, 0.05) is 17.5 Å². The Morgan fingerprint density at radius 2 is 1.67 bits per heavy atom. The monoisotopic (exact) mass is 422 g/mol. The van der Waals surface area contributed by atoms with Crippen LogP contribution in [0.5, 0.6) is 0 Å². The number of hydrogen-bond acceptors (Lipinski definition) is 3. The predicted octanol–water partition coefficient (Wildman–Crippen LogP) is 4.72. The van der Waals surface area contributed by atoms with Gasteiger partial charge in [-0.15, -0.1) is 11.3 Å². The van der Waals surface area contributed by atoms with E-state index >= 15 is 0 Å². The summed E-state index contributed by atoms with van der Waals surface area (Å²) < 4.78 is 14.2.